The van der Waals surface area contributed by atoms with Crippen molar-refractivity contribution in [1.29, 1.82) is 0 Å². The van der Waals surface area contributed by atoms with E-state index < -0.39 is 25.6 Å². The number of anilines is 1. The first-order valence-corrected chi connectivity index (χ1v) is 9.36. The zero-order valence-electron chi connectivity index (χ0n) is 11.1. The molecule has 0 fully saturated rings. The fraction of sp³-hybridized carbons (Fsp3) is 0.364. The van der Waals surface area contributed by atoms with Crippen molar-refractivity contribution in [3.63, 3.8) is 0 Å². The highest BCUT2D eigenvalue weighted by atomic mass is 32.2. The first-order valence-electron chi connectivity index (χ1n) is 5.57. The van der Waals surface area contributed by atoms with Crippen molar-refractivity contribution < 1.29 is 21.6 Å². The topological polar surface area (TPSA) is 123 Å². The summed E-state index contributed by atoms with van der Waals surface area (Å²) in [5.74, 6) is -0.514. The van der Waals surface area contributed by atoms with E-state index in [1.54, 1.807) is 0 Å². The first-order chi connectivity index (χ1) is 9.00. The van der Waals surface area contributed by atoms with Crippen molar-refractivity contribution in [2.45, 2.75) is 16.2 Å². The van der Waals surface area contributed by atoms with Gasteiger partial charge in [-0.3, -0.25) is 4.79 Å². The molecule has 9 heteroatoms. The Balaban J connectivity index is 3.21. The van der Waals surface area contributed by atoms with Crippen LogP contribution in [0.15, 0.2) is 28.0 Å². The molecule has 0 aliphatic rings. The van der Waals surface area contributed by atoms with Crippen molar-refractivity contribution in [2.75, 3.05) is 24.4 Å². The van der Waals surface area contributed by atoms with Crippen molar-refractivity contribution >= 4 is 31.3 Å². The van der Waals surface area contributed by atoms with Gasteiger partial charge in [-0.05, 0) is 18.2 Å². The minimum Gasteiger partial charge on any atom is -0.384 e. The second-order valence-corrected chi connectivity index (χ2v) is 8.41. The van der Waals surface area contributed by atoms with Crippen LogP contribution in [0.25, 0.3) is 0 Å². The molecule has 1 aromatic carbocycles. The number of sulfone groups is 2. The number of amides is 1. The maximum Gasteiger partial charge on any atom is 0.219 e. The molecule has 0 aliphatic heterocycles. The SMILES string of the molecule is CS(=O)(=O)c1cc(NCCC(N)=O)cc(S(C)(=O)=O)c1. The van der Waals surface area contributed by atoms with Crippen molar-refractivity contribution in [2.24, 2.45) is 5.73 Å². The molecule has 0 aromatic heterocycles. The Morgan fingerprint density at radius 1 is 1.05 bits per heavy atom. The van der Waals surface area contributed by atoms with Crippen molar-refractivity contribution in [3.05, 3.63) is 18.2 Å². The molecule has 0 spiro atoms. The van der Waals surface area contributed by atoms with E-state index in [0.29, 0.717) is 5.69 Å². The van der Waals surface area contributed by atoms with Gasteiger partial charge in [-0.1, -0.05) is 0 Å². The summed E-state index contributed by atoms with van der Waals surface area (Å²) in [6.07, 6.45) is 2.03. The van der Waals surface area contributed by atoms with Crippen LogP contribution in [0.4, 0.5) is 5.69 Å². The van der Waals surface area contributed by atoms with Crippen LogP contribution in [0.1, 0.15) is 6.42 Å². The van der Waals surface area contributed by atoms with E-state index in [2.05, 4.69) is 5.32 Å². The second-order valence-electron chi connectivity index (χ2n) is 4.38. The van der Waals surface area contributed by atoms with E-state index in [0.717, 1.165) is 18.6 Å². The number of rotatable bonds is 6. The van der Waals surface area contributed by atoms with Gasteiger partial charge in [0.15, 0.2) is 19.7 Å². The van der Waals surface area contributed by atoms with E-state index in [-0.39, 0.29) is 22.8 Å². The highest BCUT2D eigenvalue weighted by Gasteiger charge is 2.15. The lowest BCUT2D eigenvalue weighted by Gasteiger charge is -2.09. The van der Waals surface area contributed by atoms with E-state index in [9.17, 15) is 21.6 Å². The number of carbonyl (C=O) groups excluding carboxylic acids is 1. The lowest BCUT2D eigenvalue weighted by Crippen LogP contribution is -2.16. The minimum atomic E-state index is -3.55. The fourth-order valence-electron chi connectivity index (χ4n) is 1.43. The summed E-state index contributed by atoms with van der Waals surface area (Å²) in [5.41, 5.74) is 5.28. The van der Waals surface area contributed by atoms with Gasteiger partial charge in [0.2, 0.25) is 5.91 Å². The summed E-state index contributed by atoms with van der Waals surface area (Å²) in [4.78, 5) is 10.4. The number of primary amides is 1. The summed E-state index contributed by atoms with van der Waals surface area (Å²) >= 11 is 0. The van der Waals surface area contributed by atoms with E-state index in [4.69, 9.17) is 5.73 Å². The maximum absolute atomic E-state index is 11.5. The number of nitrogens with two attached hydrogens (primary N) is 1. The second kappa shape index (κ2) is 5.80. The molecule has 0 bridgehead atoms. The molecule has 112 valence electrons. The fourth-order valence-corrected chi connectivity index (χ4v) is 2.87. The molecule has 0 unspecified atom stereocenters. The summed E-state index contributed by atoms with van der Waals surface area (Å²) in [5, 5.41) is 2.77. The zero-order chi connectivity index (χ0) is 15.6. The third-order valence-electron chi connectivity index (χ3n) is 2.44. The number of hydrogen-bond donors (Lipinski definition) is 2. The summed E-state index contributed by atoms with van der Waals surface area (Å²) in [7, 11) is -7.09. The Kier molecular flexibility index (Phi) is 4.77. The van der Waals surface area contributed by atoms with Gasteiger partial charge in [-0.25, -0.2) is 16.8 Å². The number of hydrogen-bond acceptors (Lipinski definition) is 6. The van der Waals surface area contributed by atoms with Gasteiger partial charge >= 0.3 is 0 Å². The molecule has 0 radical (unpaired) electrons. The summed E-state index contributed by atoms with van der Waals surface area (Å²) in [6.45, 7) is 0.186. The Bertz CT molecular complexity index is 673. The average molecular weight is 320 g/mol. The molecule has 0 aliphatic carbocycles. The number of benzene rings is 1. The van der Waals surface area contributed by atoms with Crippen LogP contribution >= 0.6 is 0 Å². The predicted molar refractivity (Wildman–Crippen MR) is 75.0 cm³/mol. The van der Waals surface area contributed by atoms with Gasteiger partial charge in [-0.15, -0.1) is 0 Å². The van der Waals surface area contributed by atoms with Crippen LogP contribution < -0.4 is 11.1 Å². The van der Waals surface area contributed by atoms with Gasteiger partial charge < -0.3 is 11.1 Å². The predicted octanol–water partition coefficient (Wildman–Crippen LogP) is -0.219. The largest absolute Gasteiger partial charge is 0.384 e. The summed E-state index contributed by atoms with van der Waals surface area (Å²) < 4.78 is 46.2. The smallest absolute Gasteiger partial charge is 0.219 e. The molecule has 0 saturated carbocycles. The molecule has 1 aromatic rings. The molecule has 3 N–H and O–H groups in total. The first kappa shape index (κ1) is 16.4. The van der Waals surface area contributed by atoms with E-state index >= 15 is 0 Å². The highest BCUT2D eigenvalue weighted by Crippen LogP contribution is 2.22. The van der Waals surface area contributed by atoms with Crippen molar-refractivity contribution in [1.82, 2.24) is 0 Å². The third-order valence-corrected chi connectivity index (χ3v) is 4.62. The zero-order valence-corrected chi connectivity index (χ0v) is 12.7. The van der Waals surface area contributed by atoms with Gasteiger partial charge in [0.1, 0.15) is 0 Å². The third kappa shape index (κ3) is 4.82. The molecule has 20 heavy (non-hydrogen) atoms. The van der Waals surface area contributed by atoms with Gasteiger partial charge in [0.25, 0.3) is 0 Å². The lowest BCUT2D eigenvalue weighted by atomic mass is 10.3. The van der Waals surface area contributed by atoms with Crippen LogP contribution in [0.2, 0.25) is 0 Å². The average Bonchev–Trinajstić information content (AvgIpc) is 2.25. The molecular formula is C11H16N2O5S2. The molecular weight excluding hydrogens is 304 g/mol. The Morgan fingerprint density at radius 2 is 1.50 bits per heavy atom. The Morgan fingerprint density at radius 3 is 1.85 bits per heavy atom. The number of carbonyl (C=O) groups is 1. The van der Waals surface area contributed by atoms with Gasteiger partial charge in [0.05, 0.1) is 9.79 Å². The molecule has 0 heterocycles. The lowest BCUT2D eigenvalue weighted by molar-refractivity contribution is -0.117. The molecule has 1 rings (SSSR count). The normalized spacial score (nSPS) is 12.1. The van der Waals surface area contributed by atoms with Crippen LogP contribution in [-0.4, -0.2) is 41.8 Å². The van der Waals surface area contributed by atoms with Crippen LogP contribution in [0.3, 0.4) is 0 Å². The molecule has 7 nitrogen and oxygen atoms in total. The van der Waals surface area contributed by atoms with E-state index in [1.165, 1.54) is 12.1 Å². The Labute approximate surface area is 118 Å². The van der Waals surface area contributed by atoms with Crippen LogP contribution in [0, 0.1) is 0 Å². The van der Waals surface area contributed by atoms with Gasteiger partial charge in [-0.2, -0.15) is 0 Å². The molecule has 0 saturated heterocycles. The molecule has 1 amide bonds. The molecule has 0 atom stereocenters. The van der Waals surface area contributed by atoms with Crippen LogP contribution in [-0.2, 0) is 24.5 Å². The van der Waals surface area contributed by atoms with Crippen molar-refractivity contribution in [3.8, 4) is 0 Å². The maximum atomic E-state index is 11.5. The standard InChI is InChI=1S/C11H16N2O5S2/c1-19(15,16)9-5-8(13-4-3-11(12)14)6-10(7-9)20(2,17)18/h5-7,13H,3-4H2,1-2H3,(H2,12,14). The highest BCUT2D eigenvalue weighted by molar-refractivity contribution is 7.91. The minimum absolute atomic E-state index is 0.0529. The monoisotopic (exact) mass is 320 g/mol. The number of nitrogens with one attached hydrogen (secondary N) is 1. The van der Waals surface area contributed by atoms with Gasteiger partial charge in [0, 0.05) is 31.2 Å². The van der Waals surface area contributed by atoms with Crippen LogP contribution in [0.5, 0.6) is 0 Å². The summed E-state index contributed by atoms with van der Waals surface area (Å²) in [6, 6.07) is 3.72. The quantitative estimate of drug-likeness (QED) is 0.747. The Hall–Kier alpha value is -1.61. The van der Waals surface area contributed by atoms with E-state index in [1.807, 2.05) is 0 Å².